The standard InChI is InChI=1S/C24H26ClNO5/c1-3-14-31-19-11-7-16(8-12-19)21-20(22(27)17-5-9-18(25)10-6-17)23(28)24(29)26(21)13-4-15-30-2/h5-12,21,27H,3-4,13-15H2,1-2H3/b22-20-. The van der Waals surface area contributed by atoms with Gasteiger partial charge in [-0.15, -0.1) is 0 Å². The molecule has 0 saturated carbocycles. The molecule has 6 nitrogen and oxygen atoms in total. The van der Waals surface area contributed by atoms with Gasteiger partial charge in [0.15, 0.2) is 0 Å². The van der Waals surface area contributed by atoms with Gasteiger partial charge >= 0.3 is 0 Å². The van der Waals surface area contributed by atoms with Crippen LogP contribution >= 0.6 is 11.6 Å². The van der Waals surface area contributed by atoms with Crippen molar-refractivity contribution in [1.29, 1.82) is 0 Å². The number of nitrogens with zero attached hydrogens (tertiary/aromatic N) is 1. The number of methoxy groups -OCH3 is 1. The second kappa shape index (κ2) is 10.5. The van der Waals surface area contributed by atoms with Gasteiger partial charge in [-0.3, -0.25) is 9.59 Å². The number of aliphatic hydroxyl groups excluding tert-OH is 1. The van der Waals surface area contributed by atoms with Crippen molar-refractivity contribution in [2.75, 3.05) is 26.9 Å². The predicted molar refractivity (Wildman–Crippen MR) is 119 cm³/mol. The largest absolute Gasteiger partial charge is 0.507 e. The van der Waals surface area contributed by atoms with Crippen molar-refractivity contribution in [3.05, 3.63) is 70.3 Å². The molecule has 1 heterocycles. The van der Waals surface area contributed by atoms with E-state index < -0.39 is 17.7 Å². The smallest absolute Gasteiger partial charge is 0.295 e. The molecule has 1 atom stereocenters. The third kappa shape index (κ3) is 5.09. The van der Waals surface area contributed by atoms with E-state index >= 15 is 0 Å². The fourth-order valence-electron chi connectivity index (χ4n) is 3.57. The van der Waals surface area contributed by atoms with E-state index in [0.29, 0.717) is 42.5 Å². The second-order valence-corrected chi connectivity index (χ2v) is 7.70. The molecular weight excluding hydrogens is 418 g/mol. The predicted octanol–water partition coefficient (Wildman–Crippen LogP) is 4.59. The maximum absolute atomic E-state index is 12.9. The third-order valence-electron chi connectivity index (χ3n) is 5.07. The average molecular weight is 444 g/mol. The molecule has 1 aliphatic heterocycles. The van der Waals surface area contributed by atoms with Gasteiger partial charge in [-0.25, -0.2) is 0 Å². The zero-order valence-electron chi connectivity index (χ0n) is 17.6. The van der Waals surface area contributed by atoms with Gasteiger partial charge in [0.2, 0.25) is 0 Å². The average Bonchev–Trinajstić information content (AvgIpc) is 3.03. The minimum atomic E-state index is -0.707. The van der Waals surface area contributed by atoms with Crippen molar-refractivity contribution in [1.82, 2.24) is 4.90 Å². The highest BCUT2D eigenvalue weighted by atomic mass is 35.5. The zero-order chi connectivity index (χ0) is 22.4. The first-order valence-corrected chi connectivity index (χ1v) is 10.6. The lowest BCUT2D eigenvalue weighted by atomic mass is 9.95. The number of rotatable bonds is 9. The van der Waals surface area contributed by atoms with Gasteiger partial charge < -0.3 is 19.5 Å². The van der Waals surface area contributed by atoms with Gasteiger partial charge in [0.1, 0.15) is 11.5 Å². The molecule has 0 bridgehead atoms. The number of carbonyl (C=O) groups excluding carboxylic acids is 2. The van der Waals surface area contributed by atoms with E-state index in [2.05, 4.69) is 0 Å². The van der Waals surface area contributed by atoms with E-state index in [4.69, 9.17) is 21.1 Å². The van der Waals surface area contributed by atoms with Crippen molar-refractivity contribution in [2.24, 2.45) is 0 Å². The summed E-state index contributed by atoms with van der Waals surface area (Å²) in [4.78, 5) is 27.3. The van der Waals surface area contributed by atoms with Crippen LogP contribution in [0.4, 0.5) is 0 Å². The zero-order valence-corrected chi connectivity index (χ0v) is 18.4. The van der Waals surface area contributed by atoms with Gasteiger partial charge in [0.05, 0.1) is 18.2 Å². The van der Waals surface area contributed by atoms with Crippen LogP contribution < -0.4 is 4.74 Å². The Bertz CT molecular complexity index is 953. The summed E-state index contributed by atoms with van der Waals surface area (Å²) < 4.78 is 10.7. The Morgan fingerprint density at radius 3 is 2.35 bits per heavy atom. The highest BCUT2D eigenvalue weighted by Gasteiger charge is 2.45. The molecule has 7 heteroatoms. The molecule has 31 heavy (non-hydrogen) atoms. The van der Waals surface area contributed by atoms with E-state index in [9.17, 15) is 14.7 Å². The van der Waals surface area contributed by atoms with Crippen LogP contribution in [0, 0.1) is 0 Å². The van der Waals surface area contributed by atoms with Crippen molar-refractivity contribution in [2.45, 2.75) is 25.8 Å². The normalized spacial score (nSPS) is 17.9. The molecule has 0 aliphatic carbocycles. The Hall–Kier alpha value is -2.83. The monoisotopic (exact) mass is 443 g/mol. The lowest BCUT2D eigenvalue weighted by Crippen LogP contribution is -2.31. The lowest BCUT2D eigenvalue weighted by Gasteiger charge is -2.25. The van der Waals surface area contributed by atoms with Crippen molar-refractivity contribution >= 4 is 29.1 Å². The summed E-state index contributed by atoms with van der Waals surface area (Å²) in [5.74, 6) is -0.857. The lowest BCUT2D eigenvalue weighted by molar-refractivity contribution is -0.140. The van der Waals surface area contributed by atoms with E-state index in [1.165, 1.54) is 4.90 Å². The molecule has 2 aromatic carbocycles. The summed E-state index contributed by atoms with van der Waals surface area (Å²) in [7, 11) is 1.58. The number of ether oxygens (including phenoxy) is 2. The van der Waals surface area contributed by atoms with Crippen molar-refractivity contribution in [3.8, 4) is 5.75 Å². The molecule has 2 aromatic rings. The molecule has 0 aromatic heterocycles. The number of aliphatic hydroxyl groups is 1. The summed E-state index contributed by atoms with van der Waals surface area (Å²) in [5.41, 5.74) is 1.20. The molecule has 0 spiro atoms. The number of ketones is 1. The summed E-state index contributed by atoms with van der Waals surface area (Å²) in [6, 6.07) is 13.0. The number of likely N-dealkylation sites (tertiary alicyclic amines) is 1. The number of halogens is 1. The fraction of sp³-hybridized carbons (Fsp3) is 0.333. The highest BCUT2D eigenvalue weighted by Crippen LogP contribution is 2.40. The van der Waals surface area contributed by atoms with Crippen LogP contribution in [0.2, 0.25) is 5.02 Å². The molecule has 1 unspecified atom stereocenters. The first kappa shape index (κ1) is 22.8. The molecule has 164 valence electrons. The van der Waals surface area contributed by atoms with Gasteiger partial charge in [-0.2, -0.15) is 0 Å². The summed E-state index contributed by atoms with van der Waals surface area (Å²) in [6.07, 6.45) is 1.46. The number of Topliss-reactive ketones (excluding diaryl/α,β-unsaturated/α-hetero) is 1. The quantitative estimate of drug-likeness (QED) is 0.265. The number of amides is 1. The maximum Gasteiger partial charge on any atom is 0.295 e. The Kier molecular flexibility index (Phi) is 7.71. The number of hydrogen-bond acceptors (Lipinski definition) is 5. The summed E-state index contributed by atoms with van der Waals surface area (Å²) in [5, 5.41) is 11.5. The third-order valence-corrected chi connectivity index (χ3v) is 5.33. The van der Waals surface area contributed by atoms with Crippen LogP contribution in [-0.2, 0) is 14.3 Å². The van der Waals surface area contributed by atoms with Gasteiger partial charge in [-0.05, 0) is 54.8 Å². The Morgan fingerprint density at radius 1 is 1.06 bits per heavy atom. The highest BCUT2D eigenvalue weighted by molar-refractivity contribution is 6.46. The van der Waals surface area contributed by atoms with E-state index in [1.807, 2.05) is 31.2 Å². The Labute approximate surface area is 187 Å². The van der Waals surface area contributed by atoms with Crippen LogP contribution in [0.25, 0.3) is 5.76 Å². The van der Waals surface area contributed by atoms with Gasteiger partial charge in [-0.1, -0.05) is 30.7 Å². The molecule has 1 N–H and O–H groups in total. The molecule has 3 rings (SSSR count). The van der Waals surface area contributed by atoms with E-state index in [-0.39, 0.29) is 11.3 Å². The van der Waals surface area contributed by atoms with Gasteiger partial charge in [0, 0.05) is 30.8 Å². The molecule has 1 aliphatic rings. The van der Waals surface area contributed by atoms with E-state index in [1.54, 1.807) is 31.4 Å². The minimum Gasteiger partial charge on any atom is -0.507 e. The van der Waals surface area contributed by atoms with Crippen molar-refractivity contribution < 1.29 is 24.2 Å². The molecular formula is C24H26ClNO5. The first-order valence-electron chi connectivity index (χ1n) is 10.2. The van der Waals surface area contributed by atoms with Crippen LogP contribution in [0.15, 0.2) is 54.1 Å². The molecule has 0 radical (unpaired) electrons. The Morgan fingerprint density at radius 2 is 1.74 bits per heavy atom. The summed E-state index contributed by atoms with van der Waals surface area (Å²) in [6.45, 7) is 3.41. The maximum atomic E-state index is 12.9. The van der Waals surface area contributed by atoms with Crippen LogP contribution in [0.5, 0.6) is 5.75 Å². The molecule has 1 fully saturated rings. The SMILES string of the molecule is CCCOc1ccc(C2/C(=C(/O)c3ccc(Cl)cc3)C(=O)C(=O)N2CCCOC)cc1. The number of carbonyl (C=O) groups is 2. The van der Waals surface area contributed by atoms with Crippen LogP contribution in [0.3, 0.4) is 0 Å². The van der Waals surface area contributed by atoms with Crippen LogP contribution in [-0.4, -0.2) is 48.6 Å². The topological polar surface area (TPSA) is 76.1 Å². The summed E-state index contributed by atoms with van der Waals surface area (Å²) >= 11 is 5.95. The number of benzene rings is 2. The molecule has 1 saturated heterocycles. The Balaban J connectivity index is 2.04. The number of hydrogen-bond donors (Lipinski definition) is 1. The van der Waals surface area contributed by atoms with E-state index in [0.717, 1.165) is 12.0 Å². The molecule has 1 amide bonds. The minimum absolute atomic E-state index is 0.0620. The first-order chi connectivity index (χ1) is 15.0. The fourth-order valence-corrected chi connectivity index (χ4v) is 3.69. The van der Waals surface area contributed by atoms with Crippen LogP contribution in [0.1, 0.15) is 36.9 Å². The van der Waals surface area contributed by atoms with Gasteiger partial charge in [0.25, 0.3) is 11.7 Å². The second-order valence-electron chi connectivity index (χ2n) is 7.26. The van der Waals surface area contributed by atoms with Crippen molar-refractivity contribution in [3.63, 3.8) is 0 Å².